The lowest BCUT2D eigenvalue weighted by atomic mass is 9.85. The molecule has 1 saturated heterocycles. The van der Waals surface area contributed by atoms with E-state index in [-0.39, 0.29) is 23.7 Å². The molecule has 2 aliphatic carbocycles. The van der Waals surface area contributed by atoms with E-state index in [2.05, 4.69) is 52.7 Å². The van der Waals surface area contributed by atoms with Gasteiger partial charge in [-0.25, -0.2) is 0 Å². The Balaban J connectivity index is 1.38. The summed E-state index contributed by atoms with van der Waals surface area (Å²) in [5.74, 6) is 0.768. The molecule has 6 heteroatoms. The number of carbonyl (C=O) groups excluding carboxylic acids is 2. The molecule has 0 atom stereocenters. The van der Waals surface area contributed by atoms with E-state index in [1.165, 1.54) is 12.8 Å². The van der Waals surface area contributed by atoms with Crippen molar-refractivity contribution in [3.8, 4) is 11.1 Å². The number of carbonyl (C=O) groups is 2. The van der Waals surface area contributed by atoms with E-state index in [1.807, 2.05) is 4.90 Å². The highest BCUT2D eigenvalue weighted by Gasteiger charge is 2.33. The number of rotatable bonds is 10. The van der Waals surface area contributed by atoms with Crippen molar-refractivity contribution >= 4 is 23.2 Å². The largest absolute Gasteiger partial charge is 0.370 e. The lowest BCUT2D eigenvalue weighted by Crippen LogP contribution is -2.33. The molecule has 0 bridgehead atoms. The minimum absolute atomic E-state index is 0.150. The molecule has 2 amide bonds. The minimum atomic E-state index is 0.150. The zero-order valence-electron chi connectivity index (χ0n) is 20.7. The van der Waals surface area contributed by atoms with Crippen molar-refractivity contribution in [3.63, 3.8) is 0 Å². The molecule has 3 aliphatic rings. The molecule has 2 aromatic carbocycles. The summed E-state index contributed by atoms with van der Waals surface area (Å²) in [5.41, 5.74) is 11.1. The van der Waals surface area contributed by atoms with E-state index in [0.29, 0.717) is 19.6 Å². The fraction of sp³-hybridized carbons (Fsp3) is 0.517. The van der Waals surface area contributed by atoms with Crippen LogP contribution in [0.4, 0.5) is 11.4 Å². The van der Waals surface area contributed by atoms with E-state index < -0.39 is 0 Å². The summed E-state index contributed by atoms with van der Waals surface area (Å²) in [5, 5.41) is 3.26. The van der Waals surface area contributed by atoms with Gasteiger partial charge in [-0.15, -0.1) is 0 Å². The number of hydrogen-bond acceptors (Lipinski definition) is 4. The molecule has 186 valence electrons. The highest BCUT2D eigenvalue weighted by atomic mass is 16.2. The fourth-order valence-corrected chi connectivity index (χ4v) is 5.16. The summed E-state index contributed by atoms with van der Waals surface area (Å²) in [6, 6.07) is 14.9. The standard InChI is InChI=1S/C29H38N4O2/c30-14-5-17-33(29(35)23-10-11-23)20-21-6-3-9-24(18-21)25-12-13-27(32-15-1-2-16-32)26(19-25)31-28(34)22-7-4-8-22/h3,6,9,12-13,18-19,22-23H,1-2,4-5,7-8,10-11,14-17,20,30H2,(H,31,34). The monoisotopic (exact) mass is 474 g/mol. The first-order chi connectivity index (χ1) is 17.1. The third-order valence-corrected chi connectivity index (χ3v) is 7.68. The zero-order chi connectivity index (χ0) is 24.2. The molecule has 2 saturated carbocycles. The highest BCUT2D eigenvalue weighted by Crippen LogP contribution is 2.36. The van der Waals surface area contributed by atoms with Crippen LogP contribution in [-0.2, 0) is 16.1 Å². The average Bonchev–Trinajstić information content (AvgIpc) is 3.54. The van der Waals surface area contributed by atoms with Crippen LogP contribution in [0.3, 0.4) is 0 Å². The summed E-state index contributed by atoms with van der Waals surface area (Å²) in [4.78, 5) is 30.0. The molecule has 0 spiro atoms. The maximum Gasteiger partial charge on any atom is 0.227 e. The molecule has 0 radical (unpaired) electrons. The van der Waals surface area contributed by atoms with E-state index in [1.54, 1.807) is 0 Å². The van der Waals surface area contributed by atoms with E-state index in [9.17, 15) is 9.59 Å². The smallest absolute Gasteiger partial charge is 0.227 e. The third kappa shape index (κ3) is 5.69. The van der Waals surface area contributed by atoms with Gasteiger partial charge in [-0.05, 0) is 86.4 Å². The first-order valence-corrected chi connectivity index (χ1v) is 13.4. The Hall–Kier alpha value is -2.86. The number of benzene rings is 2. The second kappa shape index (κ2) is 10.8. The van der Waals surface area contributed by atoms with Crippen LogP contribution in [0.5, 0.6) is 0 Å². The molecule has 3 fully saturated rings. The van der Waals surface area contributed by atoms with Crippen LogP contribution in [0.15, 0.2) is 42.5 Å². The summed E-state index contributed by atoms with van der Waals surface area (Å²) in [6.45, 7) is 3.98. The van der Waals surface area contributed by atoms with Crippen molar-refractivity contribution < 1.29 is 9.59 Å². The van der Waals surface area contributed by atoms with Crippen LogP contribution >= 0.6 is 0 Å². The summed E-state index contributed by atoms with van der Waals surface area (Å²) in [6.07, 6.45) is 8.36. The quantitative estimate of drug-likeness (QED) is 0.519. The molecule has 6 nitrogen and oxygen atoms in total. The summed E-state index contributed by atoms with van der Waals surface area (Å²) in [7, 11) is 0. The Labute approximate surface area is 208 Å². The Morgan fingerprint density at radius 1 is 0.943 bits per heavy atom. The minimum Gasteiger partial charge on any atom is -0.370 e. The topological polar surface area (TPSA) is 78.7 Å². The lowest BCUT2D eigenvalue weighted by molar-refractivity contribution is -0.133. The first kappa shape index (κ1) is 23.9. The van der Waals surface area contributed by atoms with Gasteiger partial charge < -0.3 is 20.9 Å². The van der Waals surface area contributed by atoms with Gasteiger partial charge in [0.1, 0.15) is 0 Å². The summed E-state index contributed by atoms with van der Waals surface area (Å²) < 4.78 is 0. The number of nitrogens with two attached hydrogens (primary N) is 1. The number of amides is 2. The third-order valence-electron chi connectivity index (χ3n) is 7.68. The Morgan fingerprint density at radius 2 is 1.71 bits per heavy atom. The predicted octanol–water partition coefficient (Wildman–Crippen LogP) is 4.78. The van der Waals surface area contributed by atoms with E-state index >= 15 is 0 Å². The molecule has 35 heavy (non-hydrogen) atoms. The molecular formula is C29H38N4O2. The van der Waals surface area contributed by atoms with Crippen molar-refractivity contribution in [1.29, 1.82) is 0 Å². The van der Waals surface area contributed by atoms with Gasteiger partial charge in [-0.1, -0.05) is 30.7 Å². The second-order valence-corrected chi connectivity index (χ2v) is 10.4. The molecule has 1 aliphatic heterocycles. The maximum absolute atomic E-state index is 12.8. The van der Waals surface area contributed by atoms with Gasteiger partial charge >= 0.3 is 0 Å². The van der Waals surface area contributed by atoms with Crippen molar-refractivity contribution in [2.45, 2.75) is 57.9 Å². The van der Waals surface area contributed by atoms with Crippen LogP contribution in [0.1, 0.15) is 56.9 Å². The van der Waals surface area contributed by atoms with Gasteiger partial charge in [0, 0.05) is 38.0 Å². The van der Waals surface area contributed by atoms with Crippen LogP contribution in [0, 0.1) is 11.8 Å². The van der Waals surface area contributed by atoms with Gasteiger partial charge in [-0.3, -0.25) is 9.59 Å². The van der Waals surface area contributed by atoms with Gasteiger partial charge in [0.05, 0.1) is 11.4 Å². The van der Waals surface area contributed by atoms with Crippen LogP contribution < -0.4 is 16.0 Å². The van der Waals surface area contributed by atoms with E-state index in [4.69, 9.17) is 5.73 Å². The molecule has 5 rings (SSSR count). The van der Waals surface area contributed by atoms with Crippen molar-refractivity contribution in [2.24, 2.45) is 17.6 Å². The van der Waals surface area contributed by atoms with Gasteiger partial charge in [0.15, 0.2) is 0 Å². The zero-order valence-corrected chi connectivity index (χ0v) is 20.7. The number of nitrogens with one attached hydrogen (secondary N) is 1. The van der Waals surface area contributed by atoms with Gasteiger partial charge in [0.2, 0.25) is 11.8 Å². The molecule has 2 aromatic rings. The predicted molar refractivity (Wildman–Crippen MR) is 141 cm³/mol. The number of hydrogen-bond donors (Lipinski definition) is 2. The van der Waals surface area contributed by atoms with Gasteiger partial charge in [0.25, 0.3) is 0 Å². The highest BCUT2D eigenvalue weighted by molar-refractivity contribution is 5.97. The lowest BCUT2D eigenvalue weighted by Gasteiger charge is -2.27. The summed E-state index contributed by atoms with van der Waals surface area (Å²) >= 11 is 0. The first-order valence-electron chi connectivity index (χ1n) is 13.4. The van der Waals surface area contributed by atoms with Crippen molar-refractivity contribution in [1.82, 2.24) is 4.90 Å². The van der Waals surface area contributed by atoms with Crippen LogP contribution in [0.2, 0.25) is 0 Å². The Kier molecular flexibility index (Phi) is 7.37. The molecule has 0 unspecified atom stereocenters. The molecule has 1 heterocycles. The van der Waals surface area contributed by atoms with Gasteiger partial charge in [-0.2, -0.15) is 0 Å². The maximum atomic E-state index is 12.8. The number of nitrogens with zero attached hydrogens (tertiary/aromatic N) is 2. The second-order valence-electron chi connectivity index (χ2n) is 10.4. The normalized spacial score (nSPS) is 17.8. The van der Waals surface area contributed by atoms with E-state index in [0.717, 1.165) is 79.7 Å². The van der Waals surface area contributed by atoms with Crippen LogP contribution in [0.25, 0.3) is 11.1 Å². The van der Waals surface area contributed by atoms with Crippen molar-refractivity contribution in [2.75, 3.05) is 36.4 Å². The Morgan fingerprint density at radius 3 is 2.40 bits per heavy atom. The average molecular weight is 475 g/mol. The molecule has 0 aromatic heterocycles. The van der Waals surface area contributed by atoms with Crippen LogP contribution in [-0.4, -0.2) is 42.9 Å². The number of anilines is 2. The molecular weight excluding hydrogens is 436 g/mol. The fourth-order valence-electron chi connectivity index (χ4n) is 5.16. The van der Waals surface area contributed by atoms with Crippen molar-refractivity contribution in [3.05, 3.63) is 48.0 Å². The Bertz CT molecular complexity index is 1050. The molecule has 3 N–H and O–H groups in total. The SMILES string of the molecule is NCCCN(Cc1cccc(-c2ccc(N3CCCC3)c(NC(=O)C3CCC3)c2)c1)C(=O)C1CC1.